The third kappa shape index (κ3) is 3.22. The van der Waals surface area contributed by atoms with Crippen LogP contribution in [0.5, 0.6) is 0 Å². The number of piperidine rings is 1. The molecule has 1 saturated carbocycles. The molecule has 0 spiro atoms. The number of halogens is 1. The second-order valence-electron chi connectivity index (χ2n) is 7.46. The van der Waals surface area contributed by atoms with Gasteiger partial charge in [0.1, 0.15) is 28.5 Å². The summed E-state index contributed by atoms with van der Waals surface area (Å²) in [6, 6.07) is 4.81. The Kier molecular flexibility index (Phi) is 4.31. The van der Waals surface area contributed by atoms with Crippen molar-refractivity contribution in [2.24, 2.45) is 5.92 Å². The van der Waals surface area contributed by atoms with E-state index in [-0.39, 0.29) is 36.2 Å². The monoisotopic (exact) mass is 471 g/mol. The molecule has 4 heterocycles. The van der Waals surface area contributed by atoms with Crippen molar-refractivity contribution < 1.29 is 9.59 Å². The average Bonchev–Trinajstić information content (AvgIpc) is 3.16. The molecule has 154 valence electrons. The van der Waals surface area contributed by atoms with Crippen molar-refractivity contribution in [2.75, 3.05) is 16.8 Å². The molecule has 0 radical (unpaired) electrons. The second-order valence-corrected chi connectivity index (χ2v) is 8.27. The summed E-state index contributed by atoms with van der Waals surface area (Å²) in [4.78, 5) is 44.1. The third-order valence-electron chi connectivity index (χ3n) is 5.48. The predicted octanol–water partition coefficient (Wildman–Crippen LogP) is 0.776. The Labute approximate surface area is 179 Å². The van der Waals surface area contributed by atoms with Gasteiger partial charge in [-0.1, -0.05) is 6.07 Å². The Bertz CT molecular complexity index is 1180. The summed E-state index contributed by atoms with van der Waals surface area (Å²) in [6.45, 7) is -0.0193. The van der Waals surface area contributed by atoms with Crippen LogP contribution in [-0.2, 0) is 16.1 Å². The zero-order chi connectivity index (χ0) is 21.0. The molecule has 1 aliphatic heterocycles. The van der Waals surface area contributed by atoms with Gasteiger partial charge in [0, 0.05) is 6.04 Å². The minimum absolute atomic E-state index is 0.0106. The number of nitrogen functional groups attached to an aromatic ring is 2. The van der Waals surface area contributed by atoms with Crippen molar-refractivity contribution in [1.82, 2.24) is 29.4 Å². The van der Waals surface area contributed by atoms with Gasteiger partial charge in [0.25, 0.3) is 0 Å². The fourth-order valence-electron chi connectivity index (χ4n) is 4.06. The highest BCUT2D eigenvalue weighted by molar-refractivity contribution is 9.10. The van der Waals surface area contributed by atoms with E-state index >= 15 is 0 Å². The van der Waals surface area contributed by atoms with Gasteiger partial charge in [0.05, 0.1) is 6.33 Å². The van der Waals surface area contributed by atoms with Crippen LogP contribution in [0.4, 0.5) is 17.6 Å². The number of anilines is 3. The summed E-state index contributed by atoms with van der Waals surface area (Å²) in [6.07, 6.45) is 3.04. The number of carbonyl (C=O) groups excluding carboxylic acids is 2. The lowest BCUT2D eigenvalue weighted by molar-refractivity contribution is -0.138. The highest BCUT2D eigenvalue weighted by Crippen LogP contribution is 2.48. The number of hydrogen-bond acceptors (Lipinski definition) is 8. The maximum absolute atomic E-state index is 13.2. The lowest BCUT2D eigenvalue weighted by Gasteiger charge is -2.27. The number of nitrogens with two attached hydrogens (primary N) is 2. The molecule has 3 atom stereocenters. The van der Waals surface area contributed by atoms with Crippen LogP contribution >= 0.6 is 15.9 Å². The normalized spacial score (nSPS) is 22.2. The van der Waals surface area contributed by atoms with Crippen LogP contribution in [-0.4, -0.2) is 53.3 Å². The van der Waals surface area contributed by atoms with Crippen molar-refractivity contribution in [3.8, 4) is 0 Å². The molecule has 5 rings (SSSR count). The molecule has 2 fully saturated rings. The maximum atomic E-state index is 13.2. The van der Waals surface area contributed by atoms with Crippen LogP contribution in [0.1, 0.15) is 12.8 Å². The van der Waals surface area contributed by atoms with E-state index in [9.17, 15) is 9.59 Å². The number of carbonyl (C=O) groups is 2. The van der Waals surface area contributed by atoms with E-state index in [1.807, 2.05) is 0 Å². The van der Waals surface area contributed by atoms with Gasteiger partial charge < -0.3 is 26.3 Å². The van der Waals surface area contributed by atoms with Crippen molar-refractivity contribution in [1.29, 1.82) is 0 Å². The fourth-order valence-corrected chi connectivity index (χ4v) is 4.41. The van der Waals surface area contributed by atoms with Gasteiger partial charge in [0.15, 0.2) is 11.5 Å². The van der Waals surface area contributed by atoms with Gasteiger partial charge in [-0.05, 0) is 46.8 Å². The van der Waals surface area contributed by atoms with E-state index in [2.05, 4.69) is 41.2 Å². The van der Waals surface area contributed by atoms with Gasteiger partial charge >= 0.3 is 0 Å². The van der Waals surface area contributed by atoms with E-state index in [0.717, 1.165) is 6.42 Å². The first-order valence-corrected chi connectivity index (χ1v) is 10.2. The Morgan fingerprint density at radius 2 is 2.03 bits per heavy atom. The molecule has 0 bridgehead atoms. The number of nitrogens with zero attached hydrogens (tertiary/aromatic N) is 6. The topological polar surface area (TPSA) is 158 Å². The number of aromatic nitrogens is 5. The molecule has 3 aromatic rings. The lowest BCUT2D eigenvalue weighted by Crippen LogP contribution is -2.46. The van der Waals surface area contributed by atoms with Crippen LogP contribution in [0.25, 0.3) is 11.2 Å². The van der Waals surface area contributed by atoms with Crippen LogP contribution in [0.3, 0.4) is 0 Å². The highest BCUT2D eigenvalue weighted by atomic mass is 79.9. The molecule has 5 N–H and O–H groups in total. The summed E-state index contributed by atoms with van der Waals surface area (Å²) in [5, 5.41) is 2.81. The fraction of sp³-hybridized carbons (Fsp3) is 0.333. The summed E-state index contributed by atoms with van der Waals surface area (Å²) in [5.74, 6) is 0.533. The van der Waals surface area contributed by atoms with Crippen LogP contribution in [0.2, 0.25) is 0 Å². The Morgan fingerprint density at radius 1 is 1.20 bits per heavy atom. The molecule has 30 heavy (non-hydrogen) atoms. The number of nitrogens with one attached hydrogen (secondary N) is 1. The van der Waals surface area contributed by atoms with E-state index in [4.69, 9.17) is 11.5 Å². The molecule has 1 saturated heterocycles. The molecule has 0 aromatic carbocycles. The molecule has 12 heteroatoms. The number of pyridine rings is 1. The van der Waals surface area contributed by atoms with Gasteiger partial charge in [-0.25, -0.2) is 9.97 Å². The molecule has 11 nitrogen and oxygen atoms in total. The van der Waals surface area contributed by atoms with Gasteiger partial charge in [-0.15, -0.1) is 0 Å². The summed E-state index contributed by atoms with van der Waals surface area (Å²) < 4.78 is 2.20. The molecular formula is C18H18BrN9O2. The van der Waals surface area contributed by atoms with Crippen molar-refractivity contribution >= 4 is 56.5 Å². The number of likely N-dealkylation sites (tertiary alicyclic amines) is 1. The van der Waals surface area contributed by atoms with Crippen LogP contribution in [0, 0.1) is 5.92 Å². The molecule has 2 aliphatic rings. The Hall–Kier alpha value is -3.28. The van der Waals surface area contributed by atoms with Gasteiger partial charge in [0.2, 0.25) is 17.8 Å². The summed E-state index contributed by atoms with van der Waals surface area (Å²) in [7, 11) is 0. The molecule has 3 unspecified atom stereocenters. The largest absolute Gasteiger partial charge is 0.382 e. The zero-order valence-electron chi connectivity index (χ0n) is 15.7. The van der Waals surface area contributed by atoms with Gasteiger partial charge in [-0.3, -0.25) is 9.59 Å². The average molecular weight is 472 g/mol. The SMILES string of the molecule is Nc1nc(N)c2ncn(CC(=O)N3C(C(=O)Nc4cccc(Br)n4)CC4CC43)c2n1. The minimum Gasteiger partial charge on any atom is -0.382 e. The predicted molar refractivity (Wildman–Crippen MR) is 112 cm³/mol. The van der Waals surface area contributed by atoms with Crippen molar-refractivity contribution in [3.63, 3.8) is 0 Å². The molecule has 3 aromatic heterocycles. The van der Waals surface area contributed by atoms with Gasteiger partial charge in [-0.2, -0.15) is 9.97 Å². The number of hydrogen-bond donors (Lipinski definition) is 3. The standard InChI is InChI=1S/C18H18BrN9O2/c19-11-2-1-3-12(23-11)24-17(30)10-5-8-4-9(8)28(10)13(29)6-27-7-22-14-15(20)25-18(21)26-16(14)27/h1-3,7-10H,4-6H2,(H,23,24,30)(H4,20,21,25,26). The first kappa shape index (κ1) is 18.7. The maximum Gasteiger partial charge on any atom is 0.248 e. The number of imidazole rings is 1. The van der Waals surface area contributed by atoms with Crippen molar-refractivity contribution in [3.05, 3.63) is 29.1 Å². The van der Waals surface area contributed by atoms with Crippen LogP contribution < -0.4 is 16.8 Å². The number of fused-ring (bicyclic) bond motifs is 2. The summed E-state index contributed by atoms with van der Waals surface area (Å²) >= 11 is 3.29. The zero-order valence-corrected chi connectivity index (χ0v) is 17.3. The third-order valence-corrected chi connectivity index (χ3v) is 5.92. The van der Waals surface area contributed by atoms with E-state index < -0.39 is 6.04 Å². The highest BCUT2D eigenvalue weighted by Gasteiger charge is 2.56. The number of rotatable bonds is 4. The van der Waals surface area contributed by atoms with E-state index in [0.29, 0.717) is 33.9 Å². The minimum atomic E-state index is -0.540. The molecule has 1 aliphatic carbocycles. The first-order chi connectivity index (χ1) is 14.4. The smallest absolute Gasteiger partial charge is 0.248 e. The van der Waals surface area contributed by atoms with Crippen molar-refractivity contribution in [2.45, 2.75) is 31.5 Å². The van der Waals surface area contributed by atoms with E-state index in [1.165, 1.54) is 6.33 Å². The lowest BCUT2D eigenvalue weighted by atomic mass is 10.1. The first-order valence-electron chi connectivity index (χ1n) is 9.39. The van der Waals surface area contributed by atoms with Crippen LogP contribution in [0.15, 0.2) is 29.1 Å². The Morgan fingerprint density at radius 3 is 2.83 bits per heavy atom. The quantitative estimate of drug-likeness (QED) is 0.470. The number of amides is 2. The summed E-state index contributed by atoms with van der Waals surface area (Å²) in [5.41, 5.74) is 12.3. The second kappa shape index (κ2) is 6.90. The van der Waals surface area contributed by atoms with E-state index in [1.54, 1.807) is 27.7 Å². The molecular weight excluding hydrogens is 454 g/mol. The molecule has 2 amide bonds. The Balaban J connectivity index is 1.36.